The van der Waals surface area contributed by atoms with E-state index in [1.165, 1.54) is 19.3 Å². The Balaban J connectivity index is 2.54. The Bertz CT molecular complexity index is 86.4. The Morgan fingerprint density at radius 1 is 1.50 bits per heavy atom. The summed E-state index contributed by atoms with van der Waals surface area (Å²) in [6, 6.07) is 0.461. The molecule has 0 bridgehead atoms. The molecule has 1 nitrogen and oxygen atoms in total. The van der Waals surface area contributed by atoms with Crippen molar-refractivity contribution in [2.45, 2.75) is 39.2 Å². The zero-order valence-electron chi connectivity index (χ0n) is 5.78. The van der Waals surface area contributed by atoms with Gasteiger partial charge in [-0.3, -0.25) is 0 Å². The molecule has 0 aromatic carbocycles. The lowest BCUT2D eigenvalue weighted by atomic mass is 9.88. The van der Waals surface area contributed by atoms with Gasteiger partial charge in [0, 0.05) is 6.04 Å². The Morgan fingerprint density at radius 3 is 2.25 bits per heavy atom. The fraction of sp³-hybridized carbons (Fsp3) is 1.00. The maximum Gasteiger partial charge on any atom is 0.00902 e. The van der Waals surface area contributed by atoms with E-state index in [9.17, 15) is 0 Å². The van der Waals surface area contributed by atoms with Crippen molar-refractivity contribution in [3.63, 3.8) is 0 Å². The van der Waals surface area contributed by atoms with E-state index < -0.39 is 0 Å². The molecule has 0 saturated heterocycles. The van der Waals surface area contributed by atoms with Crippen molar-refractivity contribution in [3.8, 4) is 0 Å². The minimum absolute atomic E-state index is 0.431. The van der Waals surface area contributed by atoms with E-state index >= 15 is 0 Å². The summed E-state index contributed by atoms with van der Waals surface area (Å²) in [5.74, 6) is 0. The zero-order valence-corrected chi connectivity index (χ0v) is 5.78. The Hall–Kier alpha value is -0.0400. The molecule has 8 heavy (non-hydrogen) atoms. The van der Waals surface area contributed by atoms with Crippen LogP contribution in [-0.2, 0) is 0 Å². The molecule has 1 aliphatic carbocycles. The lowest BCUT2D eigenvalue weighted by Gasteiger charge is -2.22. The van der Waals surface area contributed by atoms with E-state index in [2.05, 4.69) is 13.8 Å². The fourth-order valence-corrected chi connectivity index (χ4v) is 1.35. The van der Waals surface area contributed by atoms with Crippen LogP contribution in [0.5, 0.6) is 0 Å². The molecule has 0 amide bonds. The predicted octanol–water partition coefficient (Wildman–Crippen LogP) is 1.52. The SMILES string of the molecule is CC1(C)CCC[C@H]1N. The van der Waals surface area contributed by atoms with Gasteiger partial charge in [0.05, 0.1) is 0 Å². The van der Waals surface area contributed by atoms with E-state index in [-0.39, 0.29) is 0 Å². The lowest BCUT2D eigenvalue weighted by Crippen LogP contribution is -2.31. The van der Waals surface area contributed by atoms with E-state index in [0.717, 1.165) is 0 Å². The molecule has 48 valence electrons. The molecule has 0 unspecified atom stereocenters. The third-order valence-corrected chi connectivity index (χ3v) is 2.34. The van der Waals surface area contributed by atoms with Crippen LogP contribution in [0.15, 0.2) is 0 Å². The maximum absolute atomic E-state index is 5.81. The molecule has 1 saturated carbocycles. The molecule has 1 atom stereocenters. The number of rotatable bonds is 0. The largest absolute Gasteiger partial charge is 0.327 e. The first-order valence-corrected chi connectivity index (χ1v) is 3.38. The van der Waals surface area contributed by atoms with Crippen molar-refractivity contribution < 1.29 is 0 Å². The smallest absolute Gasteiger partial charge is 0.00902 e. The molecular formula is C7H15N. The minimum Gasteiger partial charge on any atom is -0.327 e. The summed E-state index contributed by atoms with van der Waals surface area (Å²) in [6.45, 7) is 4.51. The van der Waals surface area contributed by atoms with Crippen molar-refractivity contribution in [1.29, 1.82) is 0 Å². The van der Waals surface area contributed by atoms with Crippen molar-refractivity contribution in [1.82, 2.24) is 0 Å². The van der Waals surface area contributed by atoms with Gasteiger partial charge in [-0.1, -0.05) is 20.3 Å². The van der Waals surface area contributed by atoms with Gasteiger partial charge in [0.25, 0.3) is 0 Å². The Morgan fingerprint density at radius 2 is 2.12 bits per heavy atom. The zero-order chi connectivity index (χ0) is 6.20. The van der Waals surface area contributed by atoms with Crippen molar-refractivity contribution in [2.24, 2.45) is 11.1 Å². The maximum atomic E-state index is 5.81. The van der Waals surface area contributed by atoms with Gasteiger partial charge in [0.15, 0.2) is 0 Å². The molecule has 2 N–H and O–H groups in total. The molecule has 0 aromatic heterocycles. The standard InChI is InChI=1S/C7H15N/c1-7(2)5-3-4-6(7)8/h6H,3-5,8H2,1-2H3/t6-/m1/s1. The lowest BCUT2D eigenvalue weighted by molar-refractivity contribution is 0.332. The number of hydrogen-bond donors (Lipinski definition) is 1. The second-order valence-electron chi connectivity index (χ2n) is 3.49. The molecular weight excluding hydrogens is 98.1 g/mol. The highest BCUT2D eigenvalue weighted by molar-refractivity contribution is 4.87. The highest BCUT2D eigenvalue weighted by Crippen LogP contribution is 2.35. The first kappa shape index (κ1) is 6.09. The summed E-state index contributed by atoms with van der Waals surface area (Å²) in [5, 5.41) is 0. The van der Waals surface area contributed by atoms with Gasteiger partial charge < -0.3 is 5.73 Å². The average Bonchev–Trinajstić information content (AvgIpc) is 1.86. The molecule has 0 spiro atoms. The second kappa shape index (κ2) is 1.73. The Kier molecular flexibility index (Phi) is 1.31. The quantitative estimate of drug-likeness (QED) is 0.506. The molecule has 1 fully saturated rings. The van der Waals surface area contributed by atoms with Gasteiger partial charge in [0.2, 0.25) is 0 Å². The fourth-order valence-electron chi connectivity index (χ4n) is 1.35. The normalized spacial score (nSPS) is 35.6. The molecule has 1 heteroatoms. The second-order valence-corrected chi connectivity index (χ2v) is 3.49. The average molecular weight is 113 g/mol. The van der Waals surface area contributed by atoms with Crippen LogP contribution in [0.2, 0.25) is 0 Å². The van der Waals surface area contributed by atoms with Crippen molar-refractivity contribution in [2.75, 3.05) is 0 Å². The summed E-state index contributed by atoms with van der Waals surface area (Å²) in [5.41, 5.74) is 6.24. The van der Waals surface area contributed by atoms with Crippen LogP contribution < -0.4 is 5.73 Å². The molecule has 1 rings (SSSR count). The van der Waals surface area contributed by atoms with Crippen LogP contribution in [0.4, 0.5) is 0 Å². The molecule has 0 aliphatic heterocycles. The highest BCUT2D eigenvalue weighted by atomic mass is 14.7. The van der Waals surface area contributed by atoms with Crippen LogP contribution in [-0.4, -0.2) is 6.04 Å². The molecule has 0 radical (unpaired) electrons. The minimum atomic E-state index is 0.431. The first-order valence-electron chi connectivity index (χ1n) is 3.38. The molecule has 0 heterocycles. The van der Waals surface area contributed by atoms with Crippen LogP contribution in [0.3, 0.4) is 0 Å². The molecule has 0 aromatic rings. The summed E-state index contributed by atoms with van der Waals surface area (Å²) in [6.07, 6.45) is 3.87. The topological polar surface area (TPSA) is 26.0 Å². The monoisotopic (exact) mass is 113 g/mol. The van der Waals surface area contributed by atoms with Crippen molar-refractivity contribution in [3.05, 3.63) is 0 Å². The van der Waals surface area contributed by atoms with Gasteiger partial charge in [-0.05, 0) is 18.3 Å². The number of hydrogen-bond acceptors (Lipinski definition) is 1. The summed E-state index contributed by atoms with van der Waals surface area (Å²) < 4.78 is 0. The van der Waals surface area contributed by atoms with Crippen LogP contribution >= 0.6 is 0 Å². The summed E-state index contributed by atoms with van der Waals surface area (Å²) in [4.78, 5) is 0. The Labute approximate surface area is 51.3 Å². The van der Waals surface area contributed by atoms with Gasteiger partial charge in [0.1, 0.15) is 0 Å². The van der Waals surface area contributed by atoms with E-state index in [4.69, 9.17) is 5.73 Å². The van der Waals surface area contributed by atoms with E-state index in [0.29, 0.717) is 11.5 Å². The third kappa shape index (κ3) is 0.873. The van der Waals surface area contributed by atoms with E-state index in [1.807, 2.05) is 0 Å². The van der Waals surface area contributed by atoms with Crippen LogP contribution in [0.1, 0.15) is 33.1 Å². The first-order chi connectivity index (χ1) is 3.63. The highest BCUT2D eigenvalue weighted by Gasteiger charge is 2.30. The van der Waals surface area contributed by atoms with Gasteiger partial charge in [-0.2, -0.15) is 0 Å². The predicted molar refractivity (Wildman–Crippen MR) is 35.6 cm³/mol. The molecule has 1 aliphatic rings. The summed E-state index contributed by atoms with van der Waals surface area (Å²) in [7, 11) is 0. The van der Waals surface area contributed by atoms with Gasteiger partial charge in [-0.15, -0.1) is 0 Å². The van der Waals surface area contributed by atoms with Crippen LogP contribution in [0, 0.1) is 5.41 Å². The van der Waals surface area contributed by atoms with E-state index in [1.54, 1.807) is 0 Å². The van der Waals surface area contributed by atoms with Gasteiger partial charge >= 0.3 is 0 Å². The summed E-state index contributed by atoms with van der Waals surface area (Å²) >= 11 is 0. The van der Waals surface area contributed by atoms with Crippen molar-refractivity contribution >= 4 is 0 Å². The van der Waals surface area contributed by atoms with Gasteiger partial charge in [-0.25, -0.2) is 0 Å². The van der Waals surface area contributed by atoms with Crippen LogP contribution in [0.25, 0.3) is 0 Å². The number of nitrogens with two attached hydrogens (primary N) is 1. The third-order valence-electron chi connectivity index (χ3n) is 2.34.